The molecule has 1 heterocycles. The van der Waals surface area contributed by atoms with E-state index in [4.69, 9.17) is 5.73 Å². The van der Waals surface area contributed by atoms with Gasteiger partial charge < -0.3 is 5.73 Å². The number of nitrogens with two attached hydrogens (primary N) is 1. The molecule has 0 spiro atoms. The van der Waals surface area contributed by atoms with Gasteiger partial charge in [-0.3, -0.25) is 9.48 Å². The van der Waals surface area contributed by atoms with Gasteiger partial charge in [0.2, 0.25) is 0 Å². The summed E-state index contributed by atoms with van der Waals surface area (Å²) in [6, 6.07) is 3.29. The van der Waals surface area contributed by atoms with Gasteiger partial charge in [-0.1, -0.05) is 6.07 Å². The summed E-state index contributed by atoms with van der Waals surface area (Å²) in [7, 11) is 1.74. The fourth-order valence-corrected chi connectivity index (χ4v) is 1.78. The molecule has 0 fully saturated rings. The maximum atomic E-state index is 13.2. The molecule has 1 aromatic carbocycles. The molecule has 2 N–H and O–H groups in total. The molecule has 0 amide bonds. The Morgan fingerprint density at radius 3 is 2.83 bits per heavy atom. The van der Waals surface area contributed by atoms with E-state index in [1.165, 1.54) is 18.3 Å². The van der Waals surface area contributed by atoms with Crippen LogP contribution in [0.1, 0.15) is 27.5 Å². The SMILES string of the molecule is Cc1ccc(F)cc1C(=O)C(N)c1cnn(C)c1. The van der Waals surface area contributed by atoms with Gasteiger partial charge in [0.15, 0.2) is 5.78 Å². The van der Waals surface area contributed by atoms with Crippen LogP contribution in [0.15, 0.2) is 30.6 Å². The average molecular weight is 247 g/mol. The van der Waals surface area contributed by atoms with Crippen molar-refractivity contribution in [2.45, 2.75) is 13.0 Å². The van der Waals surface area contributed by atoms with E-state index in [1.807, 2.05) is 0 Å². The number of aryl methyl sites for hydroxylation is 2. The highest BCUT2D eigenvalue weighted by Gasteiger charge is 2.21. The Bertz CT molecular complexity index is 592. The van der Waals surface area contributed by atoms with Gasteiger partial charge in [0.05, 0.1) is 12.2 Å². The van der Waals surface area contributed by atoms with E-state index in [0.717, 1.165) is 0 Å². The summed E-state index contributed by atoms with van der Waals surface area (Å²) in [5.41, 5.74) is 7.51. The van der Waals surface area contributed by atoms with Gasteiger partial charge in [0.1, 0.15) is 5.82 Å². The van der Waals surface area contributed by atoms with Crippen molar-refractivity contribution in [1.82, 2.24) is 9.78 Å². The zero-order chi connectivity index (χ0) is 13.3. The zero-order valence-electron chi connectivity index (χ0n) is 10.2. The highest BCUT2D eigenvalue weighted by Crippen LogP contribution is 2.19. The molecule has 94 valence electrons. The van der Waals surface area contributed by atoms with E-state index in [-0.39, 0.29) is 5.78 Å². The van der Waals surface area contributed by atoms with E-state index in [1.54, 1.807) is 30.9 Å². The second-order valence-electron chi connectivity index (χ2n) is 4.25. The number of carbonyl (C=O) groups excluding carboxylic acids is 1. The lowest BCUT2D eigenvalue weighted by Gasteiger charge is -2.10. The summed E-state index contributed by atoms with van der Waals surface area (Å²) in [6.45, 7) is 1.75. The fourth-order valence-electron chi connectivity index (χ4n) is 1.78. The first-order chi connectivity index (χ1) is 8.49. The van der Waals surface area contributed by atoms with Crippen molar-refractivity contribution in [1.29, 1.82) is 0 Å². The van der Waals surface area contributed by atoms with Gasteiger partial charge in [-0.25, -0.2) is 4.39 Å². The molecule has 0 aliphatic heterocycles. The number of carbonyl (C=O) groups is 1. The molecule has 0 saturated heterocycles. The van der Waals surface area contributed by atoms with Gasteiger partial charge in [-0.05, 0) is 24.6 Å². The highest BCUT2D eigenvalue weighted by molar-refractivity contribution is 6.01. The molecule has 2 rings (SSSR count). The molecule has 0 radical (unpaired) electrons. The number of nitrogens with zero attached hydrogens (tertiary/aromatic N) is 2. The van der Waals surface area contributed by atoms with Crippen LogP contribution in [-0.2, 0) is 7.05 Å². The summed E-state index contributed by atoms with van der Waals surface area (Å²) < 4.78 is 14.7. The molecule has 1 unspecified atom stereocenters. The second-order valence-corrected chi connectivity index (χ2v) is 4.25. The van der Waals surface area contributed by atoms with Crippen molar-refractivity contribution in [3.63, 3.8) is 0 Å². The Balaban J connectivity index is 2.33. The normalized spacial score (nSPS) is 12.4. The topological polar surface area (TPSA) is 60.9 Å². The van der Waals surface area contributed by atoms with Crippen LogP contribution in [0, 0.1) is 12.7 Å². The Morgan fingerprint density at radius 1 is 1.50 bits per heavy atom. The minimum absolute atomic E-state index is 0.306. The molecule has 0 aliphatic carbocycles. The van der Waals surface area contributed by atoms with Crippen molar-refractivity contribution in [2.24, 2.45) is 12.8 Å². The third-order valence-corrected chi connectivity index (χ3v) is 2.83. The van der Waals surface area contributed by atoms with E-state index in [2.05, 4.69) is 5.10 Å². The predicted octanol–water partition coefficient (Wildman–Crippen LogP) is 1.75. The monoisotopic (exact) mass is 247 g/mol. The molecule has 2 aromatic rings. The molecule has 1 aromatic heterocycles. The largest absolute Gasteiger partial charge is 0.317 e. The number of hydrogen-bond donors (Lipinski definition) is 1. The minimum Gasteiger partial charge on any atom is -0.317 e. The van der Waals surface area contributed by atoms with Crippen LogP contribution in [0.4, 0.5) is 4.39 Å². The van der Waals surface area contributed by atoms with Crippen LogP contribution in [0.5, 0.6) is 0 Å². The first kappa shape index (κ1) is 12.4. The molecular weight excluding hydrogens is 233 g/mol. The third kappa shape index (κ3) is 2.31. The highest BCUT2D eigenvalue weighted by atomic mass is 19.1. The van der Waals surface area contributed by atoms with Crippen molar-refractivity contribution in [3.8, 4) is 0 Å². The van der Waals surface area contributed by atoms with E-state index >= 15 is 0 Å². The van der Waals surface area contributed by atoms with Crippen molar-refractivity contribution < 1.29 is 9.18 Å². The number of ketones is 1. The lowest BCUT2D eigenvalue weighted by atomic mass is 9.97. The van der Waals surface area contributed by atoms with Crippen LogP contribution in [0.25, 0.3) is 0 Å². The van der Waals surface area contributed by atoms with Crippen molar-refractivity contribution in [3.05, 3.63) is 53.1 Å². The second kappa shape index (κ2) is 4.70. The number of Topliss-reactive ketones (excluding diaryl/α,β-unsaturated/α-hetero) is 1. The molecular formula is C13H14FN3O. The molecule has 18 heavy (non-hydrogen) atoms. The Labute approximate surface area is 104 Å². The zero-order valence-corrected chi connectivity index (χ0v) is 10.2. The van der Waals surface area contributed by atoms with Crippen LogP contribution < -0.4 is 5.73 Å². The maximum Gasteiger partial charge on any atom is 0.184 e. The van der Waals surface area contributed by atoms with Gasteiger partial charge in [0.25, 0.3) is 0 Å². The fraction of sp³-hybridized carbons (Fsp3) is 0.231. The van der Waals surface area contributed by atoms with Gasteiger partial charge in [0, 0.05) is 24.4 Å². The quantitative estimate of drug-likeness (QED) is 0.840. The third-order valence-electron chi connectivity index (χ3n) is 2.83. The number of hydrogen-bond acceptors (Lipinski definition) is 3. The van der Waals surface area contributed by atoms with Crippen molar-refractivity contribution >= 4 is 5.78 Å². The summed E-state index contributed by atoms with van der Waals surface area (Å²) in [6.07, 6.45) is 3.22. The van der Waals surface area contributed by atoms with E-state index in [0.29, 0.717) is 16.7 Å². The standard InChI is InChI=1S/C13H14FN3O/c1-8-3-4-10(14)5-11(8)13(18)12(15)9-6-16-17(2)7-9/h3-7,12H,15H2,1-2H3. The van der Waals surface area contributed by atoms with Gasteiger partial charge in [-0.2, -0.15) is 5.10 Å². The van der Waals surface area contributed by atoms with Crippen LogP contribution in [0.3, 0.4) is 0 Å². The summed E-state index contributed by atoms with van der Waals surface area (Å²) >= 11 is 0. The van der Waals surface area contributed by atoms with Crippen LogP contribution in [0.2, 0.25) is 0 Å². The van der Waals surface area contributed by atoms with Gasteiger partial charge >= 0.3 is 0 Å². The summed E-state index contributed by atoms with van der Waals surface area (Å²) in [5, 5.41) is 3.96. The lowest BCUT2D eigenvalue weighted by molar-refractivity contribution is 0.0960. The Morgan fingerprint density at radius 2 is 2.22 bits per heavy atom. The molecule has 0 aliphatic rings. The Kier molecular flexibility index (Phi) is 3.25. The maximum absolute atomic E-state index is 13.2. The average Bonchev–Trinajstić information content (AvgIpc) is 2.77. The minimum atomic E-state index is -0.820. The number of benzene rings is 1. The first-order valence-electron chi connectivity index (χ1n) is 5.53. The van der Waals surface area contributed by atoms with Crippen LogP contribution >= 0.6 is 0 Å². The molecule has 5 heteroatoms. The summed E-state index contributed by atoms with van der Waals surface area (Å²) in [5.74, 6) is -0.748. The number of aromatic nitrogens is 2. The predicted molar refractivity (Wildman–Crippen MR) is 65.6 cm³/mol. The molecule has 0 saturated carbocycles. The Hall–Kier alpha value is -2.01. The first-order valence-corrected chi connectivity index (χ1v) is 5.53. The molecule has 4 nitrogen and oxygen atoms in total. The van der Waals surface area contributed by atoms with Crippen molar-refractivity contribution in [2.75, 3.05) is 0 Å². The van der Waals surface area contributed by atoms with E-state index in [9.17, 15) is 9.18 Å². The molecule has 1 atom stereocenters. The van der Waals surface area contributed by atoms with E-state index < -0.39 is 11.9 Å². The number of rotatable bonds is 3. The smallest absolute Gasteiger partial charge is 0.184 e. The van der Waals surface area contributed by atoms with Crippen LogP contribution in [-0.4, -0.2) is 15.6 Å². The molecule has 0 bridgehead atoms. The summed E-state index contributed by atoms with van der Waals surface area (Å²) in [4.78, 5) is 12.2. The lowest BCUT2D eigenvalue weighted by Crippen LogP contribution is -2.22. The van der Waals surface area contributed by atoms with Gasteiger partial charge in [-0.15, -0.1) is 0 Å². The number of halogens is 1.